The maximum Gasteiger partial charge on any atom is 0.490 e. The van der Waals surface area contributed by atoms with E-state index in [1.165, 1.54) is 15.1 Å². The van der Waals surface area contributed by atoms with Gasteiger partial charge in [0.1, 0.15) is 5.69 Å². The summed E-state index contributed by atoms with van der Waals surface area (Å²) < 4.78 is 14.7. The van der Waals surface area contributed by atoms with E-state index >= 15 is 0 Å². The van der Waals surface area contributed by atoms with Gasteiger partial charge in [-0.25, -0.2) is 4.98 Å². The highest BCUT2D eigenvalue weighted by atomic mass is 32.2. The van der Waals surface area contributed by atoms with Crippen LogP contribution in [0.1, 0.15) is 17.7 Å². The van der Waals surface area contributed by atoms with Crippen LogP contribution in [0.2, 0.25) is 0 Å². The molecule has 8 nitrogen and oxygen atoms in total. The third kappa shape index (κ3) is 2.65. The van der Waals surface area contributed by atoms with Gasteiger partial charge in [0.25, 0.3) is 0 Å². The lowest BCUT2D eigenvalue weighted by molar-refractivity contribution is -0.107. The van der Waals surface area contributed by atoms with Gasteiger partial charge in [0.05, 0.1) is 16.7 Å². The molecule has 2 atom stereocenters. The van der Waals surface area contributed by atoms with E-state index in [0.29, 0.717) is 46.5 Å². The van der Waals surface area contributed by atoms with Crippen LogP contribution in [0.5, 0.6) is 0 Å². The third-order valence-corrected chi connectivity index (χ3v) is 6.21. The van der Waals surface area contributed by atoms with Gasteiger partial charge in [0.15, 0.2) is 18.2 Å². The smallest absolute Gasteiger partial charge is 0.423 e. The van der Waals surface area contributed by atoms with Gasteiger partial charge < -0.3 is 19.9 Å². The van der Waals surface area contributed by atoms with Gasteiger partial charge in [-0.2, -0.15) is 9.19 Å². The SMILES string of the molecule is CN(C=O)c1cc(B(O)O)c2nc(-c3nn(SF)c4c3CC3CC3C4)[nH]c2c1. The van der Waals surface area contributed by atoms with Crippen LogP contribution in [-0.4, -0.2) is 49.8 Å². The fourth-order valence-electron chi connectivity index (χ4n) is 4.15. The van der Waals surface area contributed by atoms with Crippen molar-refractivity contribution in [2.75, 3.05) is 11.9 Å². The number of nitrogens with zero attached hydrogens (tertiary/aromatic N) is 4. The fraction of sp³-hybridized carbons (Fsp3) is 0.353. The van der Waals surface area contributed by atoms with E-state index in [-0.39, 0.29) is 17.8 Å². The van der Waals surface area contributed by atoms with Crippen LogP contribution >= 0.6 is 12.3 Å². The van der Waals surface area contributed by atoms with Crippen LogP contribution < -0.4 is 10.4 Å². The van der Waals surface area contributed by atoms with Crippen molar-refractivity contribution in [2.24, 2.45) is 11.8 Å². The molecule has 0 spiro atoms. The molecule has 2 aliphatic rings. The summed E-state index contributed by atoms with van der Waals surface area (Å²) in [6.07, 6.45) is 3.46. The number of hydrogen-bond donors (Lipinski definition) is 3. The molecule has 1 aromatic carbocycles. The number of imidazole rings is 1. The number of carbonyl (C=O) groups is 1. The summed E-state index contributed by atoms with van der Waals surface area (Å²) in [5, 5.41) is 24.0. The van der Waals surface area contributed by atoms with Crippen molar-refractivity contribution in [3.63, 3.8) is 0 Å². The van der Waals surface area contributed by atoms with Crippen LogP contribution in [0.15, 0.2) is 12.1 Å². The number of nitrogens with one attached hydrogen (secondary N) is 1. The van der Waals surface area contributed by atoms with Crippen molar-refractivity contribution in [3.05, 3.63) is 23.4 Å². The Labute approximate surface area is 164 Å². The van der Waals surface area contributed by atoms with E-state index in [1.54, 1.807) is 13.1 Å². The number of aromatic nitrogens is 4. The standard InChI is InChI=1S/C17H17BFN5O3S/c1-23(7-25)10-5-12(18(26)27)16-13(6-10)20-17(21-16)15-11-3-8-2-9(8)4-14(11)24(22-15)28-19/h5-9,26-27H,2-4H2,1H3,(H,20,21). The van der Waals surface area contributed by atoms with Crippen molar-refractivity contribution in [2.45, 2.75) is 19.3 Å². The maximum absolute atomic E-state index is 13.4. The van der Waals surface area contributed by atoms with Gasteiger partial charge in [0, 0.05) is 23.8 Å². The quantitative estimate of drug-likeness (QED) is 0.432. The zero-order valence-corrected chi connectivity index (χ0v) is 15.8. The first-order chi connectivity index (χ1) is 13.5. The van der Waals surface area contributed by atoms with Gasteiger partial charge in [-0.1, -0.05) is 0 Å². The molecule has 3 aromatic rings. The molecule has 5 rings (SSSR count). The number of fused-ring (bicyclic) bond motifs is 3. The Morgan fingerprint density at radius 1 is 1.39 bits per heavy atom. The second-order valence-electron chi connectivity index (χ2n) is 7.49. The molecule has 0 aliphatic heterocycles. The summed E-state index contributed by atoms with van der Waals surface area (Å²) in [5.74, 6) is 1.70. The summed E-state index contributed by atoms with van der Waals surface area (Å²) in [5.41, 5.74) is 4.08. The second-order valence-corrected chi connectivity index (χ2v) is 7.97. The van der Waals surface area contributed by atoms with Crippen molar-refractivity contribution >= 4 is 48.0 Å². The molecule has 2 heterocycles. The lowest BCUT2D eigenvalue weighted by atomic mass is 9.79. The summed E-state index contributed by atoms with van der Waals surface area (Å²) in [6, 6.07) is 3.21. The second kappa shape index (κ2) is 6.33. The zero-order valence-electron chi connectivity index (χ0n) is 15.0. The molecule has 3 N–H and O–H groups in total. The Hall–Kier alpha value is -2.37. The minimum Gasteiger partial charge on any atom is -0.423 e. The summed E-state index contributed by atoms with van der Waals surface area (Å²) >= 11 is 0.0821. The monoisotopic (exact) mass is 401 g/mol. The molecule has 11 heteroatoms. The minimum absolute atomic E-state index is 0.0821. The maximum atomic E-state index is 13.4. The van der Waals surface area contributed by atoms with Crippen LogP contribution in [0.25, 0.3) is 22.6 Å². The summed E-state index contributed by atoms with van der Waals surface area (Å²) in [6.45, 7) is 0. The topological polar surface area (TPSA) is 107 Å². The lowest BCUT2D eigenvalue weighted by Crippen LogP contribution is -2.31. The molecule has 1 fully saturated rings. The largest absolute Gasteiger partial charge is 0.490 e. The first-order valence-electron chi connectivity index (χ1n) is 8.98. The Kier molecular flexibility index (Phi) is 4.00. The Bertz CT molecular complexity index is 1100. The number of rotatable bonds is 5. The number of hydrogen-bond acceptors (Lipinski definition) is 6. The predicted molar refractivity (Wildman–Crippen MR) is 105 cm³/mol. The van der Waals surface area contributed by atoms with Crippen LogP contribution in [0.4, 0.5) is 9.57 Å². The predicted octanol–water partition coefficient (Wildman–Crippen LogP) is 0.814. The van der Waals surface area contributed by atoms with E-state index in [1.807, 2.05) is 0 Å². The van der Waals surface area contributed by atoms with Crippen LogP contribution in [0, 0.1) is 11.8 Å². The van der Waals surface area contributed by atoms with Gasteiger partial charge >= 0.3 is 7.12 Å². The highest BCUT2D eigenvalue weighted by molar-refractivity contribution is 7.92. The van der Waals surface area contributed by atoms with Crippen molar-refractivity contribution < 1.29 is 18.7 Å². The molecule has 2 aromatic heterocycles. The zero-order chi connectivity index (χ0) is 19.6. The Morgan fingerprint density at radius 3 is 2.89 bits per heavy atom. The first-order valence-corrected chi connectivity index (χ1v) is 9.65. The lowest BCUT2D eigenvalue weighted by Gasteiger charge is -2.12. The van der Waals surface area contributed by atoms with Gasteiger partial charge in [-0.15, -0.1) is 3.89 Å². The van der Waals surface area contributed by atoms with Crippen molar-refractivity contribution in [1.29, 1.82) is 0 Å². The van der Waals surface area contributed by atoms with E-state index in [0.717, 1.165) is 30.5 Å². The molecule has 0 radical (unpaired) electrons. The number of aromatic amines is 1. The third-order valence-electron chi connectivity index (χ3n) is 5.78. The molecule has 28 heavy (non-hydrogen) atoms. The fourth-order valence-corrected chi connectivity index (χ4v) is 4.53. The van der Waals surface area contributed by atoms with Crippen molar-refractivity contribution in [1.82, 2.24) is 19.2 Å². The molecule has 0 saturated heterocycles. The molecule has 1 saturated carbocycles. The highest BCUT2D eigenvalue weighted by Gasteiger charge is 2.44. The summed E-state index contributed by atoms with van der Waals surface area (Å²) in [4.78, 5) is 20.1. The van der Waals surface area contributed by atoms with E-state index < -0.39 is 7.12 Å². The molecule has 2 aliphatic carbocycles. The van der Waals surface area contributed by atoms with Crippen LogP contribution in [0.3, 0.4) is 0 Å². The van der Waals surface area contributed by atoms with Gasteiger partial charge in [-0.3, -0.25) is 4.79 Å². The summed E-state index contributed by atoms with van der Waals surface area (Å²) in [7, 11) is -0.180. The Balaban J connectivity index is 1.68. The number of H-pyrrole nitrogens is 1. The molecule has 2 unspecified atom stereocenters. The van der Waals surface area contributed by atoms with Gasteiger partial charge in [-0.05, 0) is 43.2 Å². The average molecular weight is 401 g/mol. The number of amides is 1. The molecular formula is C17H17BFN5O3S. The first kappa shape index (κ1) is 17.7. The molecule has 144 valence electrons. The molecular weight excluding hydrogens is 384 g/mol. The number of benzene rings is 1. The molecule has 0 bridgehead atoms. The normalized spacial score (nSPS) is 20.0. The number of carbonyl (C=O) groups excluding carboxylic acids is 1. The van der Waals surface area contributed by atoms with Crippen LogP contribution in [-0.2, 0) is 17.6 Å². The van der Waals surface area contributed by atoms with E-state index in [4.69, 9.17) is 0 Å². The van der Waals surface area contributed by atoms with Crippen molar-refractivity contribution in [3.8, 4) is 11.5 Å². The number of halogens is 1. The number of anilines is 1. The van der Waals surface area contributed by atoms with E-state index in [2.05, 4.69) is 15.1 Å². The minimum atomic E-state index is -1.75. The highest BCUT2D eigenvalue weighted by Crippen LogP contribution is 2.50. The van der Waals surface area contributed by atoms with E-state index in [9.17, 15) is 18.7 Å². The molecule has 1 amide bonds. The average Bonchev–Trinajstić information content (AvgIpc) is 3.17. The Morgan fingerprint density at radius 2 is 2.18 bits per heavy atom. The van der Waals surface area contributed by atoms with Gasteiger partial charge in [0.2, 0.25) is 6.41 Å².